The third-order valence-corrected chi connectivity index (χ3v) is 6.25. The predicted molar refractivity (Wildman–Crippen MR) is 147 cm³/mol. The molecule has 0 radical (unpaired) electrons. The summed E-state index contributed by atoms with van der Waals surface area (Å²) in [6, 6.07) is 16.3. The molecule has 1 unspecified atom stereocenters. The van der Waals surface area contributed by atoms with Crippen LogP contribution in [-0.4, -0.2) is 35.2 Å². The first-order valence-electron chi connectivity index (χ1n) is 12.0. The van der Waals surface area contributed by atoms with E-state index in [9.17, 15) is 10.1 Å². The summed E-state index contributed by atoms with van der Waals surface area (Å²) in [4.78, 5) is 20.8. The largest absolute Gasteiger partial charge is 0.486 e. The first-order valence-corrected chi connectivity index (χ1v) is 12.4. The summed E-state index contributed by atoms with van der Waals surface area (Å²) in [6.07, 6.45) is 9.01. The molecule has 0 aliphatic carbocycles. The Hall–Kier alpha value is -4.83. The Morgan fingerprint density at radius 1 is 1.21 bits per heavy atom. The molecule has 10 heteroatoms. The summed E-state index contributed by atoms with van der Waals surface area (Å²) in [7, 11) is 0. The van der Waals surface area contributed by atoms with Crippen LogP contribution < -0.4 is 20.1 Å². The summed E-state index contributed by atoms with van der Waals surface area (Å²) in [5.74, 6) is 2.31. The van der Waals surface area contributed by atoms with Crippen molar-refractivity contribution in [3.8, 4) is 29.9 Å². The summed E-state index contributed by atoms with van der Waals surface area (Å²) in [5, 5.41) is 16.7. The van der Waals surface area contributed by atoms with E-state index in [1.54, 1.807) is 36.5 Å². The van der Waals surface area contributed by atoms with Gasteiger partial charge in [0.05, 0.1) is 46.4 Å². The van der Waals surface area contributed by atoms with Gasteiger partial charge in [-0.2, -0.15) is 5.26 Å². The van der Waals surface area contributed by atoms with Crippen LogP contribution in [0.5, 0.6) is 11.5 Å². The highest BCUT2D eigenvalue weighted by Gasteiger charge is 2.21. The van der Waals surface area contributed by atoms with E-state index in [1.165, 1.54) is 6.20 Å². The van der Waals surface area contributed by atoms with E-state index in [2.05, 4.69) is 26.7 Å². The van der Waals surface area contributed by atoms with E-state index < -0.39 is 5.91 Å². The maximum atomic E-state index is 12.1. The van der Waals surface area contributed by atoms with Gasteiger partial charge in [-0.15, -0.1) is 6.42 Å². The van der Waals surface area contributed by atoms with E-state index in [1.807, 2.05) is 24.1 Å². The Kier molecular flexibility index (Phi) is 7.74. The molecule has 2 aromatic heterocycles. The van der Waals surface area contributed by atoms with Crippen LogP contribution in [0.3, 0.4) is 0 Å². The van der Waals surface area contributed by atoms with Crippen LogP contribution in [0.25, 0.3) is 10.9 Å². The summed E-state index contributed by atoms with van der Waals surface area (Å²) < 4.78 is 17.3. The van der Waals surface area contributed by atoms with E-state index in [0.717, 1.165) is 12.1 Å². The monoisotopic (exact) mass is 539 g/mol. The minimum absolute atomic E-state index is 0.166. The number of ether oxygens (including phenoxy) is 3. The van der Waals surface area contributed by atoms with Gasteiger partial charge in [0.15, 0.2) is 0 Å². The van der Waals surface area contributed by atoms with Crippen LogP contribution in [0.2, 0.25) is 5.02 Å². The minimum Gasteiger partial charge on any atom is -0.486 e. The van der Waals surface area contributed by atoms with Crippen LogP contribution in [0.1, 0.15) is 17.7 Å². The van der Waals surface area contributed by atoms with Crippen LogP contribution in [-0.2, 0) is 16.1 Å². The lowest BCUT2D eigenvalue weighted by molar-refractivity contribution is -0.111. The fraction of sp³-hybridized carbons (Fsp3) is 0.172. The number of nitriles is 1. The number of carbonyl (C=O) groups is 1. The molecule has 39 heavy (non-hydrogen) atoms. The number of nitrogens with zero attached hydrogens (tertiary/aromatic N) is 3. The van der Waals surface area contributed by atoms with Gasteiger partial charge in [-0.25, -0.2) is 0 Å². The zero-order valence-corrected chi connectivity index (χ0v) is 21.4. The minimum atomic E-state index is -0.631. The average molecular weight is 540 g/mol. The topological polar surface area (TPSA) is 118 Å². The highest BCUT2D eigenvalue weighted by atomic mass is 35.5. The third kappa shape index (κ3) is 6.02. The van der Waals surface area contributed by atoms with Gasteiger partial charge in [0.25, 0.3) is 5.91 Å². The van der Waals surface area contributed by atoms with Crippen molar-refractivity contribution in [3.63, 3.8) is 0 Å². The van der Waals surface area contributed by atoms with Gasteiger partial charge >= 0.3 is 0 Å². The van der Waals surface area contributed by atoms with E-state index in [-0.39, 0.29) is 12.7 Å². The van der Waals surface area contributed by atoms with Crippen molar-refractivity contribution in [2.45, 2.75) is 19.1 Å². The van der Waals surface area contributed by atoms with Gasteiger partial charge in [0.1, 0.15) is 30.3 Å². The van der Waals surface area contributed by atoms with Gasteiger partial charge in [0.2, 0.25) is 0 Å². The van der Waals surface area contributed by atoms with Crippen LogP contribution in [0.4, 0.5) is 17.1 Å². The van der Waals surface area contributed by atoms with E-state index >= 15 is 0 Å². The number of benzene rings is 2. The number of hydrogen-bond donors (Lipinski definition) is 2. The SMILES string of the molecule is C#CC(=O)Nc1cc2c(Nc3ccc(OCc4ccccn4)c(Cl)c3)c(C#N)cnc2cc1OC1CCOC1. The first kappa shape index (κ1) is 25.8. The first-order chi connectivity index (χ1) is 19.0. The van der Waals surface area contributed by atoms with Crippen molar-refractivity contribution in [3.05, 3.63) is 77.2 Å². The lowest BCUT2D eigenvalue weighted by Gasteiger charge is -2.18. The summed E-state index contributed by atoms with van der Waals surface area (Å²) in [5.41, 5.74) is 3.06. The molecule has 1 aliphatic heterocycles. The Labute approximate surface area is 229 Å². The molecule has 2 aromatic carbocycles. The maximum Gasteiger partial charge on any atom is 0.300 e. The van der Waals surface area contributed by atoms with E-state index in [4.69, 9.17) is 32.2 Å². The number of fused-ring (bicyclic) bond motifs is 1. The molecule has 1 atom stereocenters. The number of hydrogen-bond acceptors (Lipinski definition) is 8. The number of aromatic nitrogens is 2. The van der Waals surface area contributed by atoms with Gasteiger partial charge in [-0.3, -0.25) is 14.8 Å². The van der Waals surface area contributed by atoms with Crippen molar-refractivity contribution in [2.24, 2.45) is 0 Å². The standard InChI is InChI=1S/C29H22ClN5O4/c1-2-28(36)35-25-12-22-24(13-27(25)39-21-8-10-37-17-21)33-15-18(14-31)29(22)34-19-6-7-26(23(30)11-19)38-16-20-5-3-4-9-32-20/h1,3-7,9,11-13,15,21H,8,10,16-17H2,(H,33,34)(H,35,36). The van der Waals surface area contributed by atoms with Crippen molar-refractivity contribution >= 4 is 45.5 Å². The second-order valence-corrected chi connectivity index (χ2v) is 9.01. The van der Waals surface area contributed by atoms with Crippen LogP contribution in [0.15, 0.2) is 60.9 Å². The van der Waals surface area contributed by atoms with E-state index in [0.29, 0.717) is 63.3 Å². The lowest BCUT2D eigenvalue weighted by Crippen LogP contribution is -2.18. The van der Waals surface area contributed by atoms with Gasteiger partial charge in [0, 0.05) is 36.0 Å². The number of terminal acetylenes is 1. The second kappa shape index (κ2) is 11.7. The second-order valence-electron chi connectivity index (χ2n) is 8.61. The highest BCUT2D eigenvalue weighted by Crippen LogP contribution is 2.38. The Morgan fingerprint density at radius 3 is 2.82 bits per heavy atom. The number of amides is 1. The van der Waals surface area contributed by atoms with Gasteiger partial charge in [-0.05, 0) is 42.3 Å². The zero-order valence-electron chi connectivity index (χ0n) is 20.6. The Bertz CT molecular complexity index is 1610. The van der Waals surface area contributed by atoms with Crippen molar-refractivity contribution in [2.75, 3.05) is 23.8 Å². The molecular formula is C29H22ClN5O4. The molecule has 3 heterocycles. The fourth-order valence-corrected chi connectivity index (χ4v) is 4.29. The highest BCUT2D eigenvalue weighted by molar-refractivity contribution is 6.32. The molecule has 0 bridgehead atoms. The van der Waals surface area contributed by atoms with Crippen molar-refractivity contribution in [1.29, 1.82) is 5.26 Å². The number of carbonyl (C=O) groups excluding carboxylic acids is 1. The Balaban J connectivity index is 1.47. The molecule has 4 aromatic rings. The molecule has 0 spiro atoms. The maximum absolute atomic E-state index is 12.1. The molecule has 9 nitrogen and oxygen atoms in total. The molecule has 2 N–H and O–H groups in total. The van der Waals surface area contributed by atoms with Crippen molar-refractivity contribution in [1.82, 2.24) is 9.97 Å². The third-order valence-electron chi connectivity index (χ3n) is 5.95. The Morgan fingerprint density at radius 2 is 2.10 bits per heavy atom. The molecule has 1 fully saturated rings. The molecule has 1 saturated heterocycles. The molecule has 0 saturated carbocycles. The summed E-state index contributed by atoms with van der Waals surface area (Å²) in [6.45, 7) is 1.30. The van der Waals surface area contributed by atoms with Crippen LogP contribution >= 0.6 is 11.6 Å². The van der Waals surface area contributed by atoms with Gasteiger partial charge in [-0.1, -0.05) is 17.7 Å². The lowest BCUT2D eigenvalue weighted by atomic mass is 10.1. The quantitative estimate of drug-likeness (QED) is 0.293. The number of halogens is 1. The number of rotatable bonds is 8. The molecule has 1 amide bonds. The predicted octanol–water partition coefficient (Wildman–Crippen LogP) is 5.22. The van der Waals surface area contributed by atoms with Crippen molar-refractivity contribution < 1.29 is 19.0 Å². The normalized spacial score (nSPS) is 14.3. The van der Waals surface area contributed by atoms with Gasteiger partial charge < -0.3 is 24.8 Å². The van der Waals surface area contributed by atoms with Crippen LogP contribution in [0, 0.1) is 23.7 Å². The molecule has 194 valence electrons. The zero-order chi connectivity index (χ0) is 27.2. The average Bonchev–Trinajstić information content (AvgIpc) is 3.47. The molecular weight excluding hydrogens is 518 g/mol. The number of pyridine rings is 2. The fourth-order valence-electron chi connectivity index (χ4n) is 4.05. The molecule has 1 aliphatic rings. The number of nitrogens with one attached hydrogen (secondary N) is 2. The molecule has 5 rings (SSSR count). The summed E-state index contributed by atoms with van der Waals surface area (Å²) >= 11 is 6.50. The smallest absolute Gasteiger partial charge is 0.300 e. The number of anilines is 3.